The van der Waals surface area contributed by atoms with Crippen LogP contribution in [-0.4, -0.2) is 11.1 Å². The molecule has 0 amide bonds. The molecule has 17 heavy (non-hydrogen) atoms. The zero-order chi connectivity index (χ0) is 11.8. The Morgan fingerprint density at radius 1 is 1.12 bits per heavy atom. The van der Waals surface area contributed by atoms with E-state index in [1.165, 1.54) is 21.6 Å². The zero-order valence-electron chi connectivity index (χ0n) is 9.31. The molecular weight excluding hydrogens is 212 g/mol. The van der Waals surface area contributed by atoms with Crippen molar-refractivity contribution >= 4 is 29.8 Å². The number of benzene rings is 1. The summed E-state index contributed by atoms with van der Waals surface area (Å²) >= 11 is 0. The third-order valence-corrected chi connectivity index (χ3v) is 3.24. The summed E-state index contributed by atoms with van der Waals surface area (Å²) in [6.07, 6.45) is 11.1. The molecule has 1 aromatic carbocycles. The van der Waals surface area contributed by atoms with Gasteiger partial charge in [-0.05, 0) is 33.6 Å². The molecule has 0 aromatic heterocycles. The van der Waals surface area contributed by atoms with E-state index in [2.05, 4.69) is 30.4 Å². The van der Waals surface area contributed by atoms with Gasteiger partial charge in [0.15, 0.2) is 0 Å². The molecule has 0 heterocycles. The fraction of sp³-hybridized carbons (Fsp3) is 0.133. The summed E-state index contributed by atoms with van der Waals surface area (Å²) in [6.45, 7) is 0. The number of rotatable bonds is 3. The van der Waals surface area contributed by atoms with Crippen molar-refractivity contribution in [2.24, 2.45) is 0 Å². The first-order chi connectivity index (χ1) is 8.25. The third kappa shape index (κ3) is 1.62. The summed E-state index contributed by atoms with van der Waals surface area (Å²) in [5.74, 6) is -0.742. The van der Waals surface area contributed by atoms with Crippen molar-refractivity contribution in [2.75, 3.05) is 0 Å². The molecule has 3 rings (SSSR count). The van der Waals surface area contributed by atoms with Crippen LogP contribution in [0.25, 0.3) is 23.8 Å². The van der Waals surface area contributed by atoms with Crippen molar-refractivity contribution in [3.63, 3.8) is 0 Å². The van der Waals surface area contributed by atoms with Gasteiger partial charge in [-0.1, -0.05) is 42.5 Å². The van der Waals surface area contributed by atoms with Crippen molar-refractivity contribution in [1.29, 1.82) is 0 Å². The molecule has 2 nitrogen and oxygen atoms in total. The highest BCUT2D eigenvalue weighted by atomic mass is 16.4. The summed E-state index contributed by atoms with van der Waals surface area (Å²) in [4.78, 5) is 10.6. The second-order valence-corrected chi connectivity index (χ2v) is 4.31. The Hall–Kier alpha value is -2.09. The Morgan fingerprint density at radius 2 is 1.94 bits per heavy atom. The smallest absolute Gasteiger partial charge is 0.303 e. The Kier molecular flexibility index (Phi) is 2.22. The second-order valence-electron chi connectivity index (χ2n) is 4.31. The van der Waals surface area contributed by atoms with Crippen LogP contribution in [0.4, 0.5) is 0 Å². The average molecular weight is 224 g/mol. The van der Waals surface area contributed by atoms with Crippen molar-refractivity contribution < 1.29 is 9.90 Å². The minimum atomic E-state index is -0.742. The fourth-order valence-corrected chi connectivity index (χ4v) is 2.45. The molecule has 0 saturated carbocycles. The van der Waals surface area contributed by atoms with Crippen LogP contribution >= 0.6 is 0 Å². The minimum Gasteiger partial charge on any atom is -0.481 e. The van der Waals surface area contributed by atoms with E-state index in [0.717, 1.165) is 5.57 Å². The van der Waals surface area contributed by atoms with Crippen molar-refractivity contribution in [1.82, 2.24) is 0 Å². The van der Waals surface area contributed by atoms with E-state index < -0.39 is 5.97 Å². The molecule has 84 valence electrons. The molecule has 2 aliphatic carbocycles. The lowest BCUT2D eigenvalue weighted by Gasteiger charge is -2.07. The van der Waals surface area contributed by atoms with E-state index in [-0.39, 0.29) is 6.42 Å². The summed E-state index contributed by atoms with van der Waals surface area (Å²) in [5.41, 5.74) is 3.58. The SMILES string of the molecule is O=C(O)CCC1=CC=c2ccc3c(c21)C=CC=3. The lowest BCUT2D eigenvalue weighted by Crippen LogP contribution is -2.15. The van der Waals surface area contributed by atoms with Gasteiger partial charge in [-0.2, -0.15) is 0 Å². The Labute approximate surface area is 98.9 Å². The maximum atomic E-state index is 10.6. The molecule has 1 aromatic rings. The summed E-state index contributed by atoms with van der Waals surface area (Å²) in [6, 6.07) is 4.21. The number of aliphatic carboxylic acids is 1. The van der Waals surface area contributed by atoms with Crippen molar-refractivity contribution in [2.45, 2.75) is 12.8 Å². The van der Waals surface area contributed by atoms with Gasteiger partial charge in [0.1, 0.15) is 0 Å². The largest absolute Gasteiger partial charge is 0.481 e. The van der Waals surface area contributed by atoms with Gasteiger partial charge < -0.3 is 5.11 Å². The number of hydrogen-bond acceptors (Lipinski definition) is 1. The normalized spacial score (nSPS) is 14.7. The van der Waals surface area contributed by atoms with E-state index >= 15 is 0 Å². The number of fused-ring (bicyclic) bond motifs is 3. The van der Waals surface area contributed by atoms with Gasteiger partial charge in [0.05, 0.1) is 0 Å². The molecule has 0 saturated heterocycles. The maximum absolute atomic E-state index is 10.6. The first kappa shape index (κ1) is 10.1. The Bertz CT molecular complexity index is 676. The van der Waals surface area contributed by atoms with Crippen LogP contribution in [-0.2, 0) is 4.79 Å². The number of carboxylic acid groups (broad SMARTS) is 1. The first-order valence-electron chi connectivity index (χ1n) is 5.70. The third-order valence-electron chi connectivity index (χ3n) is 3.24. The van der Waals surface area contributed by atoms with E-state index in [0.29, 0.717) is 6.42 Å². The predicted octanol–water partition coefficient (Wildman–Crippen LogP) is 1.54. The predicted molar refractivity (Wildman–Crippen MR) is 68.5 cm³/mol. The minimum absolute atomic E-state index is 0.191. The monoisotopic (exact) mass is 224 g/mol. The van der Waals surface area contributed by atoms with Crippen LogP contribution in [0.5, 0.6) is 0 Å². The molecule has 0 radical (unpaired) electrons. The summed E-state index contributed by atoms with van der Waals surface area (Å²) in [7, 11) is 0. The quantitative estimate of drug-likeness (QED) is 0.845. The van der Waals surface area contributed by atoms with E-state index in [1.54, 1.807) is 0 Å². The molecule has 2 heteroatoms. The molecule has 0 atom stereocenters. The molecule has 2 aliphatic rings. The molecule has 1 N–H and O–H groups in total. The lowest BCUT2D eigenvalue weighted by atomic mass is 9.97. The number of allylic oxidation sites excluding steroid dienone is 3. The lowest BCUT2D eigenvalue weighted by molar-refractivity contribution is -0.136. The summed E-state index contributed by atoms with van der Waals surface area (Å²) in [5, 5.41) is 11.2. The van der Waals surface area contributed by atoms with Gasteiger partial charge in [-0.25, -0.2) is 0 Å². The number of carboxylic acids is 1. The van der Waals surface area contributed by atoms with Crippen molar-refractivity contribution in [3.05, 3.63) is 45.8 Å². The van der Waals surface area contributed by atoms with Crippen LogP contribution in [0.2, 0.25) is 0 Å². The van der Waals surface area contributed by atoms with Gasteiger partial charge in [-0.15, -0.1) is 0 Å². The van der Waals surface area contributed by atoms with Gasteiger partial charge in [0, 0.05) is 6.42 Å². The van der Waals surface area contributed by atoms with Crippen molar-refractivity contribution in [3.8, 4) is 0 Å². The Morgan fingerprint density at radius 3 is 2.76 bits per heavy atom. The molecule has 0 spiro atoms. The van der Waals surface area contributed by atoms with Gasteiger partial charge in [0.25, 0.3) is 0 Å². The molecular formula is C15H12O2. The van der Waals surface area contributed by atoms with E-state index in [1.807, 2.05) is 12.2 Å². The summed E-state index contributed by atoms with van der Waals surface area (Å²) < 4.78 is 0. The zero-order valence-corrected chi connectivity index (χ0v) is 9.31. The Balaban J connectivity index is 2.04. The van der Waals surface area contributed by atoms with Crippen LogP contribution in [0, 0.1) is 0 Å². The molecule has 0 bridgehead atoms. The first-order valence-corrected chi connectivity index (χ1v) is 5.70. The van der Waals surface area contributed by atoms with Gasteiger partial charge >= 0.3 is 5.97 Å². The highest BCUT2D eigenvalue weighted by Crippen LogP contribution is 2.24. The number of carbonyl (C=O) groups is 1. The number of hydrogen-bond donors (Lipinski definition) is 1. The molecule has 0 fully saturated rings. The fourth-order valence-electron chi connectivity index (χ4n) is 2.45. The standard InChI is InChI=1S/C15H12O2/c16-14(17)9-8-12-7-6-11-5-4-10-2-1-3-13(10)15(11)12/h1-7H,8-9H2,(H,16,17). The van der Waals surface area contributed by atoms with Crippen LogP contribution in [0.15, 0.2) is 24.3 Å². The molecule has 0 unspecified atom stereocenters. The van der Waals surface area contributed by atoms with Gasteiger partial charge in [-0.3, -0.25) is 4.79 Å². The average Bonchev–Trinajstić information content (AvgIpc) is 2.91. The van der Waals surface area contributed by atoms with Gasteiger partial charge in [0.2, 0.25) is 0 Å². The van der Waals surface area contributed by atoms with Crippen LogP contribution < -0.4 is 10.4 Å². The molecule has 0 aliphatic heterocycles. The highest BCUT2D eigenvalue weighted by molar-refractivity contribution is 5.86. The van der Waals surface area contributed by atoms with Crippen LogP contribution in [0.1, 0.15) is 24.0 Å². The highest BCUT2D eigenvalue weighted by Gasteiger charge is 2.14. The topological polar surface area (TPSA) is 37.3 Å². The maximum Gasteiger partial charge on any atom is 0.303 e. The van der Waals surface area contributed by atoms with Crippen LogP contribution in [0.3, 0.4) is 0 Å². The van der Waals surface area contributed by atoms with E-state index in [9.17, 15) is 4.79 Å². The van der Waals surface area contributed by atoms with E-state index in [4.69, 9.17) is 5.11 Å². The second kappa shape index (κ2) is 3.74.